The number of rotatable bonds is 0. The molecule has 0 aromatic rings. The Bertz CT molecular complexity index is 391. The molecule has 4 rings (SSSR count). The van der Waals surface area contributed by atoms with Gasteiger partial charge in [-0.2, -0.15) is 0 Å². The second-order valence-corrected chi connectivity index (χ2v) is 9.12. The first-order valence-electron chi connectivity index (χ1n) is 9.23. The molecule has 114 valence electrons. The van der Waals surface area contributed by atoms with Crippen molar-refractivity contribution in [1.29, 1.82) is 0 Å². The van der Waals surface area contributed by atoms with E-state index in [9.17, 15) is 5.11 Å². The molecule has 1 heteroatoms. The molecule has 4 fully saturated rings. The number of aliphatic hydroxyl groups excluding tert-OH is 1. The number of hydrogen-bond donors (Lipinski definition) is 1. The first-order valence-corrected chi connectivity index (χ1v) is 9.23. The first kappa shape index (κ1) is 13.6. The van der Waals surface area contributed by atoms with E-state index in [2.05, 4.69) is 13.8 Å². The largest absolute Gasteiger partial charge is 0.393 e. The van der Waals surface area contributed by atoms with Crippen molar-refractivity contribution < 1.29 is 5.11 Å². The quantitative estimate of drug-likeness (QED) is 0.675. The highest BCUT2D eigenvalue weighted by Crippen LogP contribution is 2.66. The lowest BCUT2D eigenvalue weighted by Crippen LogP contribution is -2.56. The fourth-order valence-electron chi connectivity index (χ4n) is 7.35. The fourth-order valence-corrected chi connectivity index (χ4v) is 7.35. The third-order valence-electron chi connectivity index (χ3n) is 8.37. The third kappa shape index (κ3) is 1.71. The standard InChI is InChI=1S/C19H32O/c1-18-9-5-7-14(18)13-12-17(20)16-6-3-4-10-19(16,2)15(13)8-11-18/h13-17,20H,3-12H2,1-2H3/t13-,14+,15-,16+,17-,18+,19-/m0/s1. The molecule has 7 atom stereocenters. The normalized spacial score (nSPS) is 58.6. The molecule has 4 aliphatic rings. The summed E-state index contributed by atoms with van der Waals surface area (Å²) in [5, 5.41) is 10.8. The van der Waals surface area contributed by atoms with Gasteiger partial charge in [-0.1, -0.05) is 33.1 Å². The minimum Gasteiger partial charge on any atom is -0.393 e. The summed E-state index contributed by atoms with van der Waals surface area (Å²) in [4.78, 5) is 0. The van der Waals surface area contributed by atoms with Gasteiger partial charge in [-0.15, -0.1) is 0 Å². The Morgan fingerprint density at radius 1 is 0.800 bits per heavy atom. The molecular formula is C19H32O. The molecule has 0 spiro atoms. The summed E-state index contributed by atoms with van der Waals surface area (Å²) in [6.45, 7) is 5.11. The van der Waals surface area contributed by atoms with Crippen LogP contribution >= 0.6 is 0 Å². The summed E-state index contributed by atoms with van der Waals surface area (Å²) in [5.41, 5.74) is 1.09. The predicted octanol–water partition coefficient (Wildman–Crippen LogP) is 4.78. The second kappa shape index (κ2) is 4.48. The van der Waals surface area contributed by atoms with Crippen LogP contribution in [0.5, 0.6) is 0 Å². The topological polar surface area (TPSA) is 20.2 Å². The van der Waals surface area contributed by atoms with Crippen LogP contribution in [-0.2, 0) is 0 Å². The zero-order valence-corrected chi connectivity index (χ0v) is 13.4. The molecular weight excluding hydrogens is 244 g/mol. The SMILES string of the molecule is C[C@]12CCC[C@@H]1[C@@H]1C[C@H](O)[C@H]3CCCC[C@@]3(C)[C@H]1CC2. The van der Waals surface area contributed by atoms with Gasteiger partial charge in [-0.25, -0.2) is 0 Å². The van der Waals surface area contributed by atoms with E-state index < -0.39 is 0 Å². The van der Waals surface area contributed by atoms with Crippen LogP contribution in [0.4, 0.5) is 0 Å². The van der Waals surface area contributed by atoms with Gasteiger partial charge in [0.05, 0.1) is 6.10 Å². The van der Waals surface area contributed by atoms with Crippen LogP contribution in [0.25, 0.3) is 0 Å². The van der Waals surface area contributed by atoms with Crippen molar-refractivity contribution in [3.8, 4) is 0 Å². The van der Waals surface area contributed by atoms with Gasteiger partial charge >= 0.3 is 0 Å². The van der Waals surface area contributed by atoms with Crippen molar-refractivity contribution >= 4 is 0 Å². The Hall–Kier alpha value is -0.0400. The third-order valence-corrected chi connectivity index (χ3v) is 8.37. The van der Waals surface area contributed by atoms with Gasteiger partial charge in [0.15, 0.2) is 0 Å². The molecule has 0 aliphatic heterocycles. The minimum absolute atomic E-state index is 0.00417. The van der Waals surface area contributed by atoms with E-state index in [1.165, 1.54) is 57.8 Å². The maximum absolute atomic E-state index is 10.8. The summed E-state index contributed by atoms with van der Waals surface area (Å²) in [5.74, 6) is 3.30. The van der Waals surface area contributed by atoms with Crippen molar-refractivity contribution in [2.24, 2.45) is 34.5 Å². The summed E-state index contributed by atoms with van der Waals surface area (Å²) < 4.78 is 0. The van der Waals surface area contributed by atoms with Crippen molar-refractivity contribution in [2.45, 2.75) is 84.2 Å². The monoisotopic (exact) mass is 276 g/mol. The smallest absolute Gasteiger partial charge is 0.0576 e. The van der Waals surface area contributed by atoms with Gasteiger partial charge in [0.25, 0.3) is 0 Å². The summed E-state index contributed by atoms with van der Waals surface area (Å²) in [6.07, 6.45) is 13.9. The molecule has 0 heterocycles. The van der Waals surface area contributed by atoms with Crippen molar-refractivity contribution in [2.75, 3.05) is 0 Å². The molecule has 0 aromatic heterocycles. The highest BCUT2D eigenvalue weighted by atomic mass is 16.3. The van der Waals surface area contributed by atoms with Crippen LogP contribution in [0.2, 0.25) is 0 Å². The number of fused-ring (bicyclic) bond motifs is 5. The molecule has 0 saturated heterocycles. The van der Waals surface area contributed by atoms with Crippen LogP contribution in [-0.4, -0.2) is 11.2 Å². The fraction of sp³-hybridized carbons (Fsp3) is 1.00. The first-order chi connectivity index (χ1) is 9.55. The van der Waals surface area contributed by atoms with Crippen molar-refractivity contribution in [3.05, 3.63) is 0 Å². The molecule has 20 heavy (non-hydrogen) atoms. The van der Waals surface area contributed by atoms with Gasteiger partial charge in [-0.05, 0) is 79.4 Å². The Kier molecular flexibility index (Phi) is 3.05. The summed E-state index contributed by atoms with van der Waals surface area (Å²) in [6, 6.07) is 0. The van der Waals surface area contributed by atoms with Gasteiger partial charge in [-0.3, -0.25) is 0 Å². The Morgan fingerprint density at radius 2 is 1.60 bits per heavy atom. The summed E-state index contributed by atoms with van der Waals surface area (Å²) in [7, 11) is 0. The Balaban J connectivity index is 1.68. The molecule has 0 unspecified atom stereocenters. The van der Waals surface area contributed by atoms with Crippen LogP contribution < -0.4 is 0 Å². The van der Waals surface area contributed by atoms with E-state index in [1.54, 1.807) is 0 Å². The minimum atomic E-state index is 0.00417. The van der Waals surface area contributed by atoms with E-state index >= 15 is 0 Å². The average molecular weight is 276 g/mol. The molecule has 4 aliphatic carbocycles. The lowest BCUT2D eigenvalue weighted by molar-refractivity contribution is -0.153. The maximum Gasteiger partial charge on any atom is 0.0576 e. The van der Waals surface area contributed by atoms with E-state index in [0.717, 1.165) is 24.2 Å². The van der Waals surface area contributed by atoms with Crippen LogP contribution in [0.3, 0.4) is 0 Å². The highest BCUT2D eigenvalue weighted by Gasteiger charge is 2.59. The van der Waals surface area contributed by atoms with E-state index in [0.29, 0.717) is 16.7 Å². The van der Waals surface area contributed by atoms with Crippen molar-refractivity contribution in [1.82, 2.24) is 0 Å². The van der Waals surface area contributed by atoms with E-state index in [4.69, 9.17) is 0 Å². The van der Waals surface area contributed by atoms with Gasteiger partial charge in [0, 0.05) is 0 Å². The van der Waals surface area contributed by atoms with Crippen molar-refractivity contribution in [3.63, 3.8) is 0 Å². The van der Waals surface area contributed by atoms with Crippen LogP contribution in [0.1, 0.15) is 78.1 Å². The molecule has 1 nitrogen and oxygen atoms in total. The number of aliphatic hydroxyl groups is 1. The molecule has 0 radical (unpaired) electrons. The van der Waals surface area contributed by atoms with Gasteiger partial charge in [0.1, 0.15) is 0 Å². The zero-order chi connectivity index (χ0) is 14.0. The molecule has 0 aromatic carbocycles. The number of hydrogen-bond acceptors (Lipinski definition) is 1. The van der Waals surface area contributed by atoms with Crippen LogP contribution in [0.15, 0.2) is 0 Å². The Morgan fingerprint density at radius 3 is 2.45 bits per heavy atom. The average Bonchev–Trinajstić information content (AvgIpc) is 2.81. The Labute approximate surface area is 124 Å². The lowest BCUT2D eigenvalue weighted by Gasteiger charge is -2.61. The molecule has 1 N–H and O–H groups in total. The maximum atomic E-state index is 10.8. The highest BCUT2D eigenvalue weighted by molar-refractivity contribution is 5.08. The zero-order valence-electron chi connectivity index (χ0n) is 13.4. The predicted molar refractivity (Wildman–Crippen MR) is 82.4 cm³/mol. The lowest BCUT2D eigenvalue weighted by atomic mass is 9.45. The molecule has 0 amide bonds. The van der Waals surface area contributed by atoms with E-state index in [1.807, 2.05) is 0 Å². The molecule has 4 saturated carbocycles. The summed E-state index contributed by atoms with van der Waals surface area (Å²) >= 11 is 0. The van der Waals surface area contributed by atoms with Crippen LogP contribution in [0, 0.1) is 34.5 Å². The van der Waals surface area contributed by atoms with E-state index in [-0.39, 0.29) is 6.10 Å². The second-order valence-electron chi connectivity index (χ2n) is 9.12. The van der Waals surface area contributed by atoms with Gasteiger partial charge < -0.3 is 5.11 Å². The van der Waals surface area contributed by atoms with Gasteiger partial charge in [0.2, 0.25) is 0 Å². The molecule has 0 bridgehead atoms.